The Kier molecular flexibility index (Phi) is 4.96. The van der Waals surface area contributed by atoms with Crippen molar-refractivity contribution in [3.63, 3.8) is 0 Å². The van der Waals surface area contributed by atoms with Crippen molar-refractivity contribution in [2.45, 2.75) is 11.8 Å². The molecule has 0 bridgehead atoms. The Morgan fingerprint density at radius 1 is 1.30 bits per heavy atom. The number of nitrogens with zero attached hydrogens (tertiary/aromatic N) is 2. The lowest BCUT2D eigenvalue weighted by atomic mass is 10.2. The first-order chi connectivity index (χ1) is 9.83. The molecule has 0 aromatic carbocycles. The minimum absolute atomic E-state index is 0.186. The van der Waals surface area contributed by atoms with Gasteiger partial charge in [0.15, 0.2) is 0 Å². The molecule has 0 aliphatic carbocycles. The highest BCUT2D eigenvalue weighted by atomic mass is 32.2. The minimum atomic E-state index is 0.186. The first-order valence-electron chi connectivity index (χ1n) is 7.06. The number of furan rings is 1. The van der Waals surface area contributed by atoms with Crippen molar-refractivity contribution >= 4 is 29.4 Å². The van der Waals surface area contributed by atoms with Crippen molar-refractivity contribution in [2.24, 2.45) is 0 Å². The summed E-state index contributed by atoms with van der Waals surface area (Å²) in [7, 11) is 0. The number of piperazine rings is 1. The summed E-state index contributed by atoms with van der Waals surface area (Å²) in [5.41, 5.74) is 0. The van der Waals surface area contributed by atoms with Crippen LogP contribution in [0.3, 0.4) is 0 Å². The summed E-state index contributed by atoms with van der Waals surface area (Å²) in [5, 5.41) is 0.186. The summed E-state index contributed by atoms with van der Waals surface area (Å²) in [6.07, 6.45) is 1.72. The highest BCUT2D eigenvalue weighted by Crippen LogP contribution is 2.26. The highest BCUT2D eigenvalue weighted by Gasteiger charge is 2.29. The fraction of sp³-hybridized carbons (Fsp3) is 0.643. The molecule has 20 heavy (non-hydrogen) atoms. The molecule has 0 spiro atoms. The molecule has 110 valence electrons. The standard InChI is InChI=1S/C14H20N2O2S2/c17-14(13-11-19-8-9-20-13)16-5-3-15(4-6-16)10-12-2-1-7-18-12/h1-2,7,13H,3-6,8-11H2. The summed E-state index contributed by atoms with van der Waals surface area (Å²) in [6.45, 7) is 4.43. The molecule has 1 unspecified atom stereocenters. The zero-order chi connectivity index (χ0) is 13.8. The molecule has 0 N–H and O–H groups in total. The first-order valence-corrected chi connectivity index (χ1v) is 9.26. The number of hydrogen-bond donors (Lipinski definition) is 0. The second-order valence-electron chi connectivity index (χ2n) is 5.12. The van der Waals surface area contributed by atoms with E-state index in [1.807, 2.05) is 40.6 Å². The fourth-order valence-electron chi connectivity index (χ4n) is 2.58. The van der Waals surface area contributed by atoms with Crippen molar-refractivity contribution in [2.75, 3.05) is 43.4 Å². The van der Waals surface area contributed by atoms with Gasteiger partial charge in [-0.3, -0.25) is 9.69 Å². The van der Waals surface area contributed by atoms with Gasteiger partial charge in [0.25, 0.3) is 0 Å². The van der Waals surface area contributed by atoms with Crippen LogP contribution >= 0.6 is 23.5 Å². The van der Waals surface area contributed by atoms with Crippen molar-refractivity contribution < 1.29 is 9.21 Å². The summed E-state index contributed by atoms with van der Waals surface area (Å²) < 4.78 is 5.38. The molecule has 0 radical (unpaired) electrons. The lowest BCUT2D eigenvalue weighted by Gasteiger charge is -2.36. The van der Waals surface area contributed by atoms with E-state index in [4.69, 9.17) is 4.42 Å². The number of rotatable bonds is 3. The van der Waals surface area contributed by atoms with Crippen LogP contribution in [0.15, 0.2) is 22.8 Å². The summed E-state index contributed by atoms with van der Waals surface area (Å²) in [5.74, 6) is 4.63. The fourth-order valence-corrected chi connectivity index (χ4v) is 5.21. The molecule has 3 heterocycles. The van der Waals surface area contributed by atoms with E-state index in [1.165, 1.54) is 5.75 Å². The van der Waals surface area contributed by atoms with Gasteiger partial charge in [-0.2, -0.15) is 11.8 Å². The largest absolute Gasteiger partial charge is 0.468 e. The monoisotopic (exact) mass is 312 g/mol. The SMILES string of the molecule is O=C(C1CSCCS1)N1CCN(Cc2ccco2)CC1. The maximum absolute atomic E-state index is 12.4. The van der Waals surface area contributed by atoms with Crippen LogP contribution < -0.4 is 0 Å². The van der Waals surface area contributed by atoms with Crippen molar-refractivity contribution in [3.8, 4) is 0 Å². The van der Waals surface area contributed by atoms with Crippen LogP contribution in [0.2, 0.25) is 0 Å². The third-order valence-electron chi connectivity index (χ3n) is 3.73. The Morgan fingerprint density at radius 2 is 2.15 bits per heavy atom. The van der Waals surface area contributed by atoms with E-state index in [0.717, 1.165) is 50.0 Å². The maximum Gasteiger partial charge on any atom is 0.236 e. The number of carbonyl (C=O) groups is 1. The molecular formula is C14H20N2O2S2. The molecule has 1 aromatic rings. The van der Waals surface area contributed by atoms with Crippen LogP contribution in [-0.2, 0) is 11.3 Å². The van der Waals surface area contributed by atoms with E-state index in [0.29, 0.717) is 5.91 Å². The Morgan fingerprint density at radius 3 is 2.80 bits per heavy atom. The second kappa shape index (κ2) is 6.91. The molecule has 1 atom stereocenters. The third kappa shape index (κ3) is 3.54. The first kappa shape index (κ1) is 14.4. The van der Waals surface area contributed by atoms with Gasteiger partial charge in [-0.25, -0.2) is 0 Å². The van der Waals surface area contributed by atoms with E-state index >= 15 is 0 Å². The summed E-state index contributed by atoms with van der Waals surface area (Å²) in [6, 6.07) is 3.93. The lowest BCUT2D eigenvalue weighted by molar-refractivity contribution is -0.132. The number of hydrogen-bond acceptors (Lipinski definition) is 5. The summed E-state index contributed by atoms with van der Waals surface area (Å²) >= 11 is 3.74. The number of thioether (sulfide) groups is 2. The van der Waals surface area contributed by atoms with Crippen LogP contribution in [0.25, 0.3) is 0 Å². The normalized spacial score (nSPS) is 24.8. The van der Waals surface area contributed by atoms with E-state index in [2.05, 4.69) is 4.90 Å². The Hall–Kier alpha value is -0.590. The maximum atomic E-state index is 12.4. The van der Waals surface area contributed by atoms with Crippen molar-refractivity contribution in [1.82, 2.24) is 9.80 Å². The predicted octanol–water partition coefficient (Wildman–Crippen LogP) is 1.77. The van der Waals surface area contributed by atoms with Gasteiger partial charge in [0.2, 0.25) is 5.91 Å². The average molecular weight is 312 g/mol. The zero-order valence-electron chi connectivity index (χ0n) is 11.5. The van der Waals surface area contributed by atoms with Crippen molar-refractivity contribution in [1.29, 1.82) is 0 Å². The van der Waals surface area contributed by atoms with E-state index in [9.17, 15) is 4.79 Å². The van der Waals surface area contributed by atoms with Gasteiger partial charge < -0.3 is 9.32 Å². The average Bonchev–Trinajstić information content (AvgIpc) is 3.01. The Bertz CT molecular complexity index is 424. The summed E-state index contributed by atoms with van der Waals surface area (Å²) in [4.78, 5) is 16.8. The number of carbonyl (C=O) groups excluding carboxylic acids is 1. The molecule has 4 nitrogen and oxygen atoms in total. The van der Waals surface area contributed by atoms with Gasteiger partial charge >= 0.3 is 0 Å². The molecule has 2 fully saturated rings. The Labute approximate surface area is 128 Å². The molecular weight excluding hydrogens is 292 g/mol. The van der Waals surface area contributed by atoms with Crippen LogP contribution in [0.1, 0.15) is 5.76 Å². The molecule has 3 rings (SSSR count). The van der Waals surface area contributed by atoms with Crippen LogP contribution in [0.5, 0.6) is 0 Å². The topological polar surface area (TPSA) is 36.7 Å². The van der Waals surface area contributed by atoms with Gasteiger partial charge in [-0.1, -0.05) is 0 Å². The van der Waals surface area contributed by atoms with Crippen molar-refractivity contribution in [3.05, 3.63) is 24.2 Å². The van der Waals surface area contributed by atoms with E-state index in [1.54, 1.807) is 6.26 Å². The van der Waals surface area contributed by atoms with Gasteiger partial charge in [0.05, 0.1) is 18.1 Å². The van der Waals surface area contributed by atoms with E-state index in [-0.39, 0.29) is 5.25 Å². The van der Waals surface area contributed by atoms with Gasteiger partial charge in [-0.05, 0) is 12.1 Å². The van der Waals surface area contributed by atoms with E-state index < -0.39 is 0 Å². The molecule has 2 saturated heterocycles. The predicted molar refractivity (Wildman–Crippen MR) is 84.1 cm³/mol. The minimum Gasteiger partial charge on any atom is -0.468 e. The van der Waals surface area contributed by atoms with Gasteiger partial charge in [0, 0.05) is 43.4 Å². The molecule has 1 amide bonds. The number of amides is 1. The molecule has 0 saturated carbocycles. The third-order valence-corrected chi connectivity index (χ3v) is 6.48. The molecule has 1 aromatic heterocycles. The molecule has 6 heteroatoms. The van der Waals surface area contributed by atoms with Gasteiger partial charge in [-0.15, -0.1) is 11.8 Å². The van der Waals surface area contributed by atoms with Crippen LogP contribution in [-0.4, -0.2) is 64.4 Å². The smallest absolute Gasteiger partial charge is 0.236 e. The van der Waals surface area contributed by atoms with Crippen LogP contribution in [0.4, 0.5) is 0 Å². The highest BCUT2D eigenvalue weighted by molar-refractivity contribution is 8.07. The van der Waals surface area contributed by atoms with Crippen LogP contribution in [0, 0.1) is 0 Å². The Balaban J connectivity index is 1.46. The zero-order valence-corrected chi connectivity index (χ0v) is 13.1. The van der Waals surface area contributed by atoms with Gasteiger partial charge in [0.1, 0.15) is 5.76 Å². The molecule has 2 aliphatic rings. The second-order valence-corrected chi connectivity index (χ2v) is 7.58. The quantitative estimate of drug-likeness (QED) is 0.850. The lowest BCUT2D eigenvalue weighted by Crippen LogP contribution is -2.51. The molecule has 2 aliphatic heterocycles.